The van der Waals surface area contributed by atoms with Gasteiger partial charge in [0.15, 0.2) is 16.7 Å². The van der Waals surface area contributed by atoms with Crippen LogP contribution in [0.25, 0.3) is 76.6 Å². The highest BCUT2D eigenvalue weighted by atomic mass is 16.3. The molecule has 0 unspecified atom stereocenters. The molecule has 0 saturated carbocycles. The Morgan fingerprint density at radius 3 is 1.24 bits per heavy atom. The summed E-state index contributed by atoms with van der Waals surface area (Å²) >= 11 is 0. The molecule has 280 valence electrons. The fraction of sp³-hybridized carbons (Fsp3) is 0.0370. The van der Waals surface area contributed by atoms with E-state index in [-0.39, 0.29) is 0 Å². The number of fused-ring (bicyclic) bond motifs is 10. The molecule has 0 fully saturated rings. The highest BCUT2D eigenvalue weighted by Gasteiger charge is 2.31. The van der Waals surface area contributed by atoms with Gasteiger partial charge in [-0.1, -0.05) is 127 Å². The molecular weight excluding hydrogens is 725 g/mol. The summed E-state index contributed by atoms with van der Waals surface area (Å²) in [7, 11) is 0. The highest BCUT2D eigenvalue weighted by molar-refractivity contribution is 6.29. The molecule has 5 heteroatoms. The molecule has 0 aliphatic rings. The van der Waals surface area contributed by atoms with Crippen LogP contribution in [0.5, 0.6) is 0 Å². The van der Waals surface area contributed by atoms with Gasteiger partial charge in [0.25, 0.3) is 0 Å². The number of benzene rings is 9. The predicted octanol–water partition coefficient (Wildman–Crippen LogP) is 16.1. The van der Waals surface area contributed by atoms with Crippen LogP contribution in [0.2, 0.25) is 0 Å². The predicted molar refractivity (Wildman–Crippen MR) is 245 cm³/mol. The van der Waals surface area contributed by atoms with Gasteiger partial charge in [0.05, 0.1) is 28.1 Å². The summed E-state index contributed by atoms with van der Waals surface area (Å²) in [6.45, 7) is 4.28. The second kappa shape index (κ2) is 12.9. The third-order valence-corrected chi connectivity index (χ3v) is 11.7. The second-order valence-corrected chi connectivity index (χ2v) is 15.4. The van der Waals surface area contributed by atoms with Crippen LogP contribution in [0.1, 0.15) is 11.1 Å². The van der Waals surface area contributed by atoms with E-state index in [0.29, 0.717) is 0 Å². The van der Waals surface area contributed by atoms with Crippen LogP contribution in [0.4, 0.5) is 34.1 Å². The molecule has 12 rings (SSSR count). The molecule has 0 N–H and O–H groups in total. The van der Waals surface area contributed by atoms with E-state index in [1.807, 2.05) is 30.3 Å². The van der Waals surface area contributed by atoms with Crippen molar-refractivity contribution in [3.05, 3.63) is 193 Å². The zero-order valence-corrected chi connectivity index (χ0v) is 32.4. The molecule has 3 aromatic heterocycles. The third-order valence-electron chi connectivity index (χ3n) is 11.7. The molecule has 12 aromatic rings. The maximum atomic E-state index is 7.22. The molecule has 0 amide bonds. The summed E-state index contributed by atoms with van der Waals surface area (Å²) in [5.74, 6) is 0. The number of aryl methyl sites for hydroxylation is 2. The Balaban J connectivity index is 1.26. The summed E-state index contributed by atoms with van der Waals surface area (Å²) in [4.78, 5) is 4.72. The first kappa shape index (κ1) is 33.4. The van der Waals surface area contributed by atoms with E-state index in [4.69, 9.17) is 13.3 Å². The van der Waals surface area contributed by atoms with E-state index in [2.05, 4.69) is 175 Å². The van der Waals surface area contributed by atoms with Crippen LogP contribution in [0.3, 0.4) is 0 Å². The zero-order chi connectivity index (χ0) is 39.2. The Labute approximate surface area is 339 Å². The van der Waals surface area contributed by atoms with Crippen molar-refractivity contribution in [3.63, 3.8) is 0 Å². The van der Waals surface area contributed by atoms with E-state index in [0.717, 1.165) is 122 Å². The number of anilines is 6. The maximum absolute atomic E-state index is 7.22. The van der Waals surface area contributed by atoms with Gasteiger partial charge in [0, 0.05) is 49.1 Å². The third kappa shape index (κ3) is 5.04. The standard InChI is InChI=1S/C54H36N2O3/c1-33-15-11-17-35(31-33)55(44-26-13-24-41-37-19-5-8-28-46(37)57-52(41)44)50-39-21-3-4-22-40(39)51(54-49(50)43-23-7-10-30-48(43)59-54)56(36-18-12-16-34(2)32-36)45-27-14-25-42-38-20-6-9-29-47(38)58-53(42)45/h3-32H,1-2H3. The highest BCUT2D eigenvalue weighted by Crippen LogP contribution is 2.55. The Kier molecular flexibility index (Phi) is 7.29. The summed E-state index contributed by atoms with van der Waals surface area (Å²) in [6, 6.07) is 63.9. The Bertz CT molecular complexity index is 3630. The lowest BCUT2D eigenvalue weighted by Gasteiger charge is -2.31. The van der Waals surface area contributed by atoms with E-state index < -0.39 is 0 Å². The van der Waals surface area contributed by atoms with E-state index in [1.54, 1.807) is 0 Å². The Hall–Kier alpha value is -7.76. The average Bonchev–Trinajstić information content (AvgIpc) is 3.97. The maximum Gasteiger partial charge on any atom is 0.162 e. The smallest absolute Gasteiger partial charge is 0.162 e. The van der Waals surface area contributed by atoms with Crippen molar-refractivity contribution in [1.29, 1.82) is 0 Å². The first-order valence-electron chi connectivity index (χ1n) is 20.0. The summed E-state index contributed by atoms with van der Waals surface area (Å²) in [6.07, 6.45) is 0. The van der Waals surface area contributed by atoms with Gasteiger partial charge in [-0.25, -0.2) is 0 Å². The first-order valence-corrected chi connectivity index (χ1v) is 20.0. The topological polar surface area (TPSA) is 45.9 Å². The average molecular weight is 761 g/mol. The molecule has 9 aromatic carbocycles. The SMILES string of the molecule is Cc1cccc(N(c2cccc3c2oc2ccccc23)c2c3ccccc3c(N(c3cccc(C)c3)c3cccc4c3oc3ccccc34)c3c2oc2ccccc23)c1. The van der Waals surface area contributed by atoms with Gasteiger partial charge in [0.1, 0.15) is 16.7 Å². The fourth-order valence-corrected chi connectivity index (χ4v) is 9.18. The summed E-state index contributed by atoms with van der Waals surface area (Å²) < 4.78 is 20.8. The quantitative estimate of drug-likeness (QED) is 0.158. The van der Waals surface area contributed by atoms with E-state index >= 15 is 0 Å². The molecule has 0 aliphatic heterocycles. The monoisotopic (exact) mass is 760 g/mol. The molecule has 0 saturated heterocycles. The molecule has 5 nitrogen and oxygen atoms in total. The Morgan fingerprint density at radius 2 is 0.712 bits per heavy atom. The molecule has 3 heterocycles. The minimum atomic E-state index is 0.768. The molecule has 0 radical (unpaired) electrons. The van der Waals surface area contributed by atoms with Crippen LogP contribution in [0, 0.1) is 13.8 Å². The van der Waals surface area contributed by atoms with E-state index in [9.17, 15) is 0 Å². The van der Waals surface area contributed by atoms with Gasteiger partial charge < -0.3 is 23.1 Å². The molecule has 0 spiro atoms. The number of hydrogen-bond donors (Lipinski definition) is 0. The minimum absolute atomic E-state index is 0.768. The van der Waals surface area contributed by atoms with Gasteiger partial charge in [0.2, 0.25) is 0 Å². The van der Waals surface area contributed by atoms with Gasteiger partial charge in [-0.3, -0.25) is 0 Å². The number of furan rings is 3. The van der Waals surface area contributed by atoms with Crippen molar-refractivity contribution in [2.75, 3.05) is 9.80 Å². The molecular formula is C54H36N2O3. The van der Waals surface area contributed by atoms with Crippen molar-refractivity contribution in [1.82, 2.24) is 0 Å². The van der Waals surface area contributed by atoms with Crippen molar-refractivity contribution in [2.45, 2.75) is 13.8 Å². The lowest BCUT2D eigenvalue weighted by atomic mass is 9.97. The van der Waals surface area contributed by atoms with Crippen LogP contribution in [0.15, 0.2) is 195 Å². The van der Waals surface area contributed by atoms with Crippen LogP contribution >= 0.6 is 0 Å². The van der Waals surface area contributed by atoms with Crippen molar-refractivity contribution in [3.8, 4) is 0 Å². The molecule has 0 bridgehead atoms. The number of nitrogens with zero attached hydrogens (tertiary/aromatic N) is 2. The minimum Gasteiger partial charge on any atom is -0.454 e. The molecule has 59 heavy (non-hydrogen) atoms. The van der Waals surface area contributed by atoms with Gasteiger partial charge in [-0.05, 0) is 79.6 Å². The van der Waals surface area contributed by atoms with Crippen molar-refractivity contribution in [2.24, 2.45) is 0 Å². The van der Waals surface area contributed by atoms with Crippen LogP contribution < -0.4 is 9.80 Å². The van der Waals surface area contributed by atoms with Crippen LogP contribution in [-0.4, -0.2) is 0 Å². The largest absolute Gasteiger partial charge is 0.454 e. The van der Waals surface area contributed by atoms with Gasteiger partial charge >= 0.3 is 0 Å². The number of para-hydroxylation sites is 5. The van der Waals surface area contributed by atoms with Crippen molar-refractivity contribution >= 4 is 111 Å². The van der Waals surface area contributed by atoms with E-state index in [1.165, 1.54) is 0 Å². The summed E-state index contributed by atoms with van der Waals surface area (Å²) in [5, 5.41) is 8.39. The second-order valence-electron chi connectivity index (χ2n) is 15.4. The fourth-order valence-electron chi connectivity index (χ4n) is 9.18. The van der Waals surface area contributed by atoms with Crippen LogP contribution in [-0.2, 0) is 0 Å². The zero-order valence-electron chi connectivity index (χ0n) is 32.4. The molecule has 0 aliphatic carbocycles. The molecule has 0 atom stereocenters. The first-order chi connectivity index (χ1) is 29.1. The lowest BCUT2D eigenvalue weighted by Crippen LogP contribution is -2.14. The van der Waals surface area contributed by atoms with Crippen molar-refractivity contribution < 1.29 is 13.3 Å². The summed E-state index contributed by atoms with van der Waals surface area (Å²) in [5.41, 5.74) is 13.0. The lowest BCUT2D eigenvalue weighted by molar-refractivity contribution is 0.666. The number of rotatable bonds is 6. The Morgan fingerprint density at radius 1 is 0.322 bits per heavy atom. The number of hydrogen-bond acceptors (Lipinski definition) is 5. The normalized spacial score (nSPS) is 11.9. The van der Waals surface area contributed by atoms with Gasteiger partial charge in [-0.2, -0.15) is 0 Å². The van der Waals surface area contributed by atoms with Gasteiger partial charge in [-0.15, -0.1) is 0 Å².